The summed E-state index contributed by atoms with van der Waals surface area (Å²) in [7, 11) is 1.59. The molecule has 39 heavy (non-hydrogen) atoms. The summed E-state index contributed by atoms with van der Waals surface area (Å²) in [5, 5.41) is 9.38. The topological polar surface area (TPSA) is 86.7 Å². The van der Waals surface area contributed by atoms with Gasteiger partial charge in [0.25, 0.3) is 0 Å². The van der Waals surface area contributed by atoms with Crippen molar-refractivity contribution in [3.63, 3.8) is 0 Å². The van der Waals surface area contributed by atoms with Crippen molar-refractivity contribution in [2.45, 2.75) is 44.7 Å². The molecule has 4 aromatic rings. The number of carbonyl (C=O) groups is 1. The molecule has 1 atom stereocenters. The van der Waals surface area contributed by atoms with Crippen LogP contribution in [0.25, 0.3) is 11.3 Å². The van der Waals surface area contributed by atoms with Gasteiger partial charge in [-0.05, 0) is 30.2 Å². The minimum atomic E-state index is -0.893. The number of benzene rings is 3. The number of thioether (sulfide) groups is 1. The van der Waals surface area contributed by atoms with Crippen LogP contribution in [0.4, 0.5) is 5.69 Å². The van der Waals surface area contributed by atoms with Gasteiger partial charge in [0, 0.05) is 18.2 Å². The molecule has 0 bridgehead atoms. The van der Waals surface area contributed by atoms with Crippen molar-refractivity contribution in [3.05, 3.63) is 83.9 Å². The first-order valence-corrected chi connectivity index (χ1v) is 13.9. The van der Waals surface area contributed by atoms with E-state index in [1.54, 1.807) is 12.0 Å². The Morgan fingerprint density at radius 2 is 1.82 bits per heavy atom. The number of para-hydroxylation sites is 2. The predicted molar refractivity (Wildman–Crippen MR) is 151 cm³/mol. The van der Waals surface area contributed by atoms with E-state index in [1.165, 1.54) is 18.7 Å². The summed E-state index contributed by atoms with van der Waals surface area (Å²) in [6.07, 6.45) is 1.23. The lowest BCUT2D eigenvalue weighted by atomic mass is 10.1. The van der Waals surface area contributed by atoms with Crippen molar-refractivity contribution >= 4 is 23.4 Å². The van der Waals surface area contributed by atoms with E-state index >= 15 is 0 Å². The lowest BCUT2D eigenvalue weighted by molar-refractivity contribution is -0.118. The van der Waals surface area contributed by atoms with E-state index in [2.05, 4.69) is 17.1 Å². The maximum absolute atomic E-state index is 13.2. The summed E-state index contributed by atoms with van der Waals surface area (Å²) in [5.74, 6) is 2.00. The van der Waals surface area contributed by atoms with Gasteiger partial charge in [-0.1, -0.05) is 79.7 Å². The Morgan fingerprint density at radius 3 is 2.59 bits per heavy atom. The number of hydrogen-bond acceptors (Lipinski definition) is 8. The molecule has 0 saturated carbocycles. The van der Waals surface area contributed by atoms with Crippen LogP contribution in [0.5, 0.6) is 17.4 Å². The van der Waals surface area contributed by atoms with Crippen LogP contribution in [0.1, 0.15) is 44.0 Å². The third-order valence-corrected chi connectivity index (χ3v) is 7.23. The average molecular weight is 543 g/mol. The standard InChI is InChI=1S/C30H30N4O4S/c1-4-5-18-39-30-31-28-26(32-33-30)22-14-9-10-16-24(22)34(20(2)35)29(38-28)23-15-11-17-25(36-3)27(23)37-19-21-12-7-6-8-13-21/h6-17,29H,4-5,18-19H2,1-3H3/t29-/m1/s1. The first-order chi connectivity index (χ1) is 19.1. The quantitative estimate of drug-likeness (QED) is 0.176. The van der Waals surface area contributed by atoms with Gasteiger partial charge in [0.15, 0.2) is 17.2 Å². The van der Waals surface area contributed by atoms with Gasteiger partial charge in [0.1, 0.15) is 6.61 Å². The van der Waals surface area contributed by atoms with Crippen LogP contribution in [-0.2, 0) is 11.4 Å². The van der Waals surface area contributed by atoms with Crippen LogP contribution in [0.15, 0.2) is 78.0 Å². The predicted octanol–water partition coefficient (Wildman–Crippen LogP) is 6.46. The molecule has 200 valence electrons. The first-order valence-electron chi connectivity index (χ1n) is 12.9. The molecule has 0 fully saturated rings. The second kappa shape index (κ2) is 12.2. The van der Waals surface area contributed by atoms with E-state index in [4.69, 9.17) is 19.2 Å². The Morgan fingerprint density at radius 1 is 1.03 bits per heavy atom. The fourth-order valence-electron chi connectivity index (χ4n) is 4.40. The van der Waals surface area contributed by atoms with Crippen molar-refractivity contribution in [2.24, 2.45) is 0 Å². The summed E-state index contributed by atoms with van der Waals surface area (Å²) in [5.41, 5.74) is 3.47. The zero-order chi connectivity index (χ0) is 27.2. The van der Waals surface area contributed by atoms with Crippen LogP contribution in [0.3, 0.4) is 0 Å². The fraction of sp³-hybridized carbons (Fsp3) is 0.267. The monoisotopic (exact) mass is 542 g/mol. The number of nitrogens with zero attached hydrogens (tertiary/aromatic N) is 4. The smallest absolute Gasteiger partial charge is 0.247 e. The van der Waals surface area contributed by atoms with Gasteiger partial charge in [-0.15, -0.1) is 10.2 Å². The van der Waals surface area contributed by atoms with Gasteiger partial charge in [-0.3, -0.25) is 9.69 Å². The summed E-state index contributed by atoms with van der Waals surface area (Å²) in [4.78, 5) is 19.6. The third kappa shape index (κ3) is 5.68. The Kier molecular flexibility index (Phi) is 8.27. The highest BCUT2D eigenvalue weighted by atomic mass is 32.2. The SMILES string of the molecule is CCCCSc1nnc2c(n1)O[C@H](c1cccc(OC)c1OCc1ccccc1)N(C(C)=O)c1ccccc1-2. The number of methoxy groups -OCH3 is 1. The van der Waals surface area contributed by atoms with Crippen molar-refractivity contribution < 1.29 is 19.0 Å². The molecule has 0 spiro atoms. The van der Waals surface area contributed by atoms with Crippen LogP contribution in [0, 0.1) is 0 Å². The second-order valence-electron chi connectivity index (χ2n) is 8.98. The third-order valence-electron chi connectivity index (χ3n) is 6.30. The lowest BCUT2D eigenvalue weighted by Crippen LogP contribution is -2.36. The van der Waals surface area contributed by atoms with E-state index < -0.39 is 6.23 Å². The van der Waals surface area contributed by atoms with Gasteiger partial charge in [-0.25, -0.2) is 0 Å². The lowest BCUT2D eigenvalue weighted by Gasteiger charge is -2.31. The molecule has 1 aromatic heterocycles. The summed E-state index contributed by atoms with van der Waals surface area (Å²) in [6.45, 7) is 3.97. The van der Waals surface area contributed by atoms with Crippen LogP contribution >= 0.6 is 11.8 Å². The zero-order valence-electron chi connectivity index (χ0n) is 22.2. The highest BCUT2D eigenvalue weighted by Crippen LogP contribution is 2.46. The number of carbonyl (C=O) groups excluding carboxylic acids is 1. The Hall–Kier alpha value is -4.11. The van der Waals surface area contributed by atoms with Crippen LogP contribution in [0.2, 0.25) is 0 Å². The van der Waals surface area contributed by atoms with Gasteiger partial charge >= 0.3 is 0 Å². The van der Waals surface area contributed by atoms with Crippen LogP contribution < -0.4 is 19.1 Å². The Bertz CT molecular complexity index is 1450. The molecule has 1 aliphatic heterocycles. The van der Waals surface area contributed by atoms with Gasteiger partial charge in [0.2, 0.25) is 23.2 Å². The number of ether oxygens (including phenoxy) is 3. The Balaban J connectivity index is 1.63. The minimum absolute atomic E-state index is 0.206. The highest BCUT2D eigenvalue weighted by molar-refractivity contribution is 7.99. The molecule has 0 unspecified atom stereocenters. The molecule has 0 N–H and O–H groups in total. The molecule has 2 heterocycles. The first kappa shape index (κ1) is 26.5. The largest absolute Gasteiger partial charge is 0.493 e. The molecule has 0 saturated heterocycles. The molecule has 1 amide bonds. The number of fused-ring (bicyclic) bond motifs is 3. The van der Waals surface area contributed by atoms with Crippen LogP contribution in [-0.4, -0.2) is 34.0 Å². The average Bonchev–Trinajstić information content (AvgIpc) is 3.11. The number of hydrogen-bond donors (Lipinski definition) is 0. The highest BCUT2D eigenvalue weighted by Gasteiger charge is 2.36. The van der Waals surface area contributed by atoms with E-state index in [-0.39, 0.29) is 5.91 Å². The van der Waals surface area contributed by atoms with Crippen molar-refractivity contribution in [2.75, 3.05) is 17.8 Å². The number of amides is 1. The minimum Gasteiger partial charge on any atom is -0.493 e. The number of aromatic nitrogens is 3. The molecule has 8 nitrogen and oxygen atoms in total. The van der Waals surface area contributed by atoms with E-state index in [1.807, 2.05) is 72.8 Å². The normalized spacial score (nSPS) is 14.0. The van der Waals surface area contributed by atoms with Gasteiger partial charge < -0.3 is 14.2 Å². The summed E-state index contributed by atoms with van der Waals surface area (Å²) in [6, 6.07) is 23.0. The van der Waals surface area contributed by atoms with E-state index in [9.17, 15) is 4.79 Å². The number of anilines is 1. The molecule has 0 aliphatic carbocycles. The van der Waals surface area contributed by atoms with Gasteiger partial charge in [0.05, 0.1) is 18.4 Å². The molecule has 5 rings (SSSR count). The number of rotatable bonds is 9. The maximum Gasteiger partial charge on any atom is 0.247 e. The summed E-state index contributed by atoms with van der Waals surface area (Å²) >= 11 is 1.54. The molecule has 3 aromatic carbocycles. The maximum atomic E-state index is 13.2. The van der Waals surface area contributed by atoms with E-state index in [0.717, 1.165) is 24.2 Å². The molecule has 1 aliphatic rings. The molecular formula is C30H30N4O4S. The van der Waals surface area contributed by atoms with E-state index in [0.29, 0.717) is 51.7 Å². The van der Waals surface area contributed by atoms with Gasteiger partial charge in [-0.2, -0.15) is 4.98 Å². The zero-order valence-corrected chi connectivity index (χ0v) is 23.0. The summed E-state index contributed by atoms with van der Waals surface area (Å²) < 4.78 is 18.6. The number of unbranched alkanes of at least 4 members (excludes halogenated alkanes) is 1. The second-order valence-corrected chi connectivity index (χ2v) is 10.0. The Labute approximate surface area is 232 Å². The molecule has 9 heteroatoms. The molecular weight excluding hydrogens is 512 g/mol. The van der Waals surface area contributed by atoms with Crippen molar-refractivity contribution in [3.8, 4) is 28.6 Å². The van der Waals surface area contributed by atoms with Crippen molar-refractivity contribution in [1.29, 1.82) is 0 Å². The van der Waals surface area contributed by atoms with Crippen molar-refractivity contribution in [1.82, 2.24) is 15.2 Å². The molecule has 0 radical (unpaired) electrons. The fourth-order valence-corrected chi connectivity index (χ4v) is 5.26.